The number of nitrogens with zero attached hydrogens (tertiary/aromatic N) is 2. The molecule has 0 fully saturated rings. The van der Waals surface area contributed by atoms with E-state index in [-0.39, 0.29) is 0 Å². The lowest BCUT2D eigenvalue weighted by Gasteiger charge is -2.13. The molecular formula is C36H22N2S. The van der Waals surface area contributed by atoms with Crippen molar-refractivity contribution in [2.75, 3.05) is 0 Å². The van der Waals surface area contributed by atoms with Gasteiger partial charge in [-0.3, -0.25) is 0 Å². The number of hydrogen-bond donors (Lipinski definition) is 0. The summed E-state index contributed by atoms with van der Waals surface area (Å²) in [6.45, 7) is 0. The van der Waals surface area contributed by atoms with Gasteiger partial charge in [0.2, 0.25) is 0 Å². The normalized spacial score (nSPS) is 12.1. The van der Waals surface area contributed by atoms with E-state index in [0.717, 1.165) is 0 Å². The second kappa shape index (κ2) is 7.83. The van der Waals surface area contributed by atoms with Gasteiger partial charge in [-0.05, 0) is 42.5 Å². The van der Waals surface area contributed by atoms with Crippen LogP contribution in [0.2, 0.25) is 0 Å². The first-order valence-electron chi connectivity index (χ1n) is 13.3. The van der Waals surface area contributed by atoms with Crippen molar-refractivity contribution >= 4 is 75.1 Å². The molecule has 0 bridgehead atoms. The molecule has 0 radical (unpaired) electrons. The highest BCUT2D eigenvalue weighted by atomic mass is 32.1. The molecule has 0 unspecified atom stereocenters. The van der Waals surface area contributed by atoms with E-state index < -0.39 is 0 Å². The van der Waals surface area contributed by atoms with E-state index in [4.69, 9.17) is 0 Å². The number of rotatable bonds is 2. The van der Waals surface area contributed by atoms with Gasteiger partial charge < -0.3 is 9.13 Å². The number of benzene rings is 6. The Kier molecular flexibility index (Phi) is 4.24. The summed E-state index contributed by atoms with van der Waals surface area (Å²) in [6.07, 6.45) is 0. The van der Waals surface area contributed by atoms with Crippen molar-refractivity contribution in [1.29, 1.82) is 0 Å². The maximum absolute atomic E-state index is 2.48. The largest absolute Gasteiger partial charge is 0.307 e. The van der Waals surface area contributed by atoms with Crippen molar-refractivity contribution in [3.8, 4) is 11.4 Å². The average molecular weight is 515 g/mol. The maximum atomic E-state index is 2.48. The van der Waals surface area contributed by atoms with Crippen LogP contribution in [0.1, 0.15) is 0 Å². The Hall–Kier alpha value is -4.86. The summed E-state index contributed by atoms with van der Waals surface area (Å²) >= 11 is 1.92. The summed E-state index contributed by atoms with van der Waals surface area (Å²) in [6, 6.07) is 48.3. The lowest BCUT2D eigenvalue weighted by Crippen LogP contribution is -1.98. The summed E-state index contributed by atoms with van der Waals surface area (Å²) in [5.74, 6) is 0. The molecule has 3 aromatic heterocycles. The van der Waals surface area contributed by atoms with Crippen LogP contribution in [0.15, 0.2) is 133 Å². The Labute approximate surface area is 228 Å². The minimum Gasteiger partial charge on any atom is -0.307 e. The first kappa shape index (κ1) is 21.1. The fourth-order valence-corrected chi connectivity index (χ4v) is 7.84. The maximum Gasteiger partial charge on any atom is 0.0803 e. The molecule has 39 heavy (non-hydrogen) atoms. The Morgan fingerprint density at radius 3 is 1.46 bits per heavy atom. The van der Waals surface area contributed by atoms with Crippen molar-refractivity contribution in [2.45, 2.75) is 0 Å². The summed E-state index contributed by atoms with van der Waals surface area (Å²) in [7, 11) is 0. The van der Waals surface area contributed by atoms with Gasteiger partial charge in [-0.25, -0.2) is 0 Å². The topological polar surface area (TPSA) is 9.86 Å². The number of para-hydroxylation sites is 4. The molecule has 3 heteroatoms. The molecule has 0 N–H and O–H groups in total. The highest BCUT2D eigenvalue weighted by molar-refractivity contribution is 7.27. The second-order valence-electron chi connectivity index (χ2n) is 10.1. The summed E-state index contributed by atoms with van der Waals surface area (Å²) in [4.78, 5) is 0. The molecule has 182 valence electrons. The van der Waals surface area contributed by atoms with Gasteiger partial charge in [0.1, 0.15) is 0 Å². The molecule has 0 saturated heterocycles. The summed E-state index contributed by atoms with van der Waals surface area (Å²) < 4.78 is 7.65. The minimum absolute atomic E-state index is 1.17. The third-order valence-corrected chi connectivity index (χ3v) is 9.26. The monoisotopic (exact) mass is 514 g/mol. The SMILES string of the molecule is c1ccc(-n2c3ccccc3c3c4sc5ccccc5c4c4c5ccccc5n(-c5ccccc5)c4c32)cc1. The van der Waals surface area contributed by atoms with E-state index >= 15 is 0 Å². The van der Waals surface area contributed by atoms with Crippen LogP contribution >= 0.6 is 11.3 Å². The lowest BCUT2D eigenvalue weighted by atomic mass is 10.0. The van der Waals surface area contributed by atoms with E-state index in [0.29, 0.717) is 0 Å². The van der Waals surface area contributed by atoms with E-state index in [9.17, 15) is 0 Å². The second-order valence-corrected chi connectivity index (χ2v) is 11.2. The molecule has 6 aromatic carbocycles. The van der Waals surface area contributed by atoms with Crippen molar-refractivity contribution in [2.24, 2.45) is 0 Å². The molecule has 0 amide bonds. The molecule has 0 aliphatic rings. The summed E-state index contributed by atoms with van der Waals surface area (Å²) in [5.41, 5.74) is 7.33. The van der Waals surface area contributed by atoms with Crippen molar-refractivity contribution < 1.29 is 0 Å². The van der Waals surface area contributed by atoms with E-state index in [2.05, 4.69) is 143 Å². The van der Waals surface area contributed by atoms with Gasteiger partial charge in [0.05, 0.1) is 22.1 Å². The van der Waals surface area contributed by atoms with Gasteiger partial charge in [0, 0.05) is 53.1 Å². The van der Waals surface area contributed by atoms with Crippen LogP contribution in [0.25, 0.3) is 75.2 Å². The number of thiophene rings is 1. The Balaban J connectivity index is 1.71. The van der Waals surface area contributed by atoms with Crippen LogP contribution in [0, 0.1) is 0 Å². The Morgan fingerprint density at radius 1 is 0.385 bits per heavy atom. The smallest absolute Gasteiger partial charge is 0.0803 e. The Bertz CT molecular complexity index is 2370. The molecular weight excluding hydrogens is 492 g/mol. The van der Waals surface area contributed by atoms with Crippen LogP contribution in [-0.2, 0) is 0 Å². The van der Waals surface area contributed by atoms with Crippen LogP contribution in [0.4, 0.5) is 0 Å². The third-order valence-electron chi connectivity index (χ3n) is 8.08. The molecule has 2 nitrogen and oxygen atoms in total. The van der Waals surface area contributed by atoms with Crippen LogP contribution in [0.5, 0.6) is 0 Å². The van der Waals surface area contributed by atoms with Gasteiger partial charge in [-0.1, -0.05) is 91.0 Å². The van der Waals surface area contributed by atoms with Gasteiger partial charge in [-0.2, -0.15) is 0 Å². The predicted octanol–water partition coefficient (Wildman–Crippen LogP) is 10.2. The fourth-order valence-electron chi connectivity index (χ4n) is 6.57. The summed E-state index contributed by atoms with van der Waals surface area (Å²) in [5, 5.41) is 7.93. The van der Waals surface area contributed by atoms with Crippen molar-refractivity contribution in [3.05, 3.63) is 133 Å². The Morgan fingerprint density at radius 2 is 0.846 bits per heavy atom. The highest BCUT2D eigenvalue weighted by Crippen LogP contribution is 2.50. The number of fused-ring (bicyclic) bond motifs is 12. The van der Waals surface area contributed by atoms with Gasteiger partial charge in [-0.15, -0.1) is 11.3 Å². The molecule has 0 saturated carbocycles. The number of hydrogen-bond acceptors (Lipinski definition) is 1. The van der Waals surface area contributed by atoms with E-state index in [1.807, 2.05) is 11.3 Å². The first-order chi connectivity index (χ1) is 19.4. The van der Waals surface area contributed by atoms with Crippen LogP contribution < -0.4 is 0 Å². The van der Waals surface area contributed by atoms with Crippen LogP contribution in [0.3, 0.4) is 0 Å². The predicted molar refractivity (Wildman–Crippen MR) is 168 cm³/mol. The molecule has 9 aromatic rings. The average Bonchev–Trinajstić information content (AvgIpc) is 3.66. The van der Waals surface area contributed by atoms with Crippen LogP contribution in [-0.4, -0.2) is 9.13 Å². The number of aromatic nitrogens is 2. The fraction of sp³-hybridized carbons (Fsp3) is 0. The third kappa shape index (κ3) is 2.75. The first-order valence-corrected chi connectivity index (χ1v) is 14.1. The zero-order valence-electron chi connectivity index (χ0n) is 21.0. The van der Waals surface area contributed by atoms with E-state index in [1.165, 1.54) is 75.2 Å². The zero-order valence-corrected chi connectivity index (χ0v) is 21.8. The molecule has 9 rings (SSSR count). The van der Waals surface area contributed by atoms with Gasteiger partial charge in [0.25, 0.3) is 0 Å². The van der Waals surface area contributed by atoms with Crippen molar-refractivity contribution in [3.63, 3.8) is 0 Å². The quantitative estimate of drug-likeness (QED) is 0.217. The lowest BCUT2D eigenvalue weighted by molar-refractivity contribution is 1.15. The minimum atomic E-state index is 1.17. The molecule has 0 aliphatic carbocycles. The molecule has 3 heterocycles. The van der Waals surface area contributed by atoms with Gasteiger partial charge >= 0.3 is 0 Å². The molecule has 0 atom stereocenters. The standard InChI is InChI=1S/C36H22N2S/c1-3-13-23(14-4-1)37-28-20-10-7-17-25(28)31-32-27-19-9-12-22-30(27)39-36(32)33-26-18-8-11-21-29(26)38(35(33)34(31)37)24-15-5-2-6-16-24/h1-22H. The zero-order chi connectivity index (χ0) is 25.5. The van der Waals surface area contributed by atoms with Gasteiger partial charge in [0.15, 0.2) is 0 Å². The molecule has 0 aliphatic heterocycles. The van der Waals surface area contributed by atoms with E-state index in [1.54, 1.807) is 0 Å². The highest BCUT2D eigenvalue weighted by Gasteiger charge is 2.26. The van der Waals surface area contributed by atoms with Crippen molar-refractivity contribution in [1.82, 2.24) is 9.13 Å². The molecule has 0 spiro atoms.